The second-order valence-electron chi connectivity index (χ2n) is 9.74. The van der Waals surface area contributed by atoms with E-state index in [1.807, 2.05) is 12.1 Å². The highest BCUT2D eigenvalue weighted by Crippen LogP contribution is 2.67. The van der Waals surface area contributed by atoms with Gasteiger partial charge in [0.15, 0.2) is 0 Å². The molecule has 3 aromatic rings. The van der Waals surface area contributed by atoms with E-state index in [1.165, 1.54) is 0 Å². The molecule has 1 aromatic carbocycles. The summed E-state index contributed by atoms with van der Waals surface area (Å²) in [6, 6.07) is 8.89. The highest BCUT2D eigenvalue weighted by Gasteiger charge is 2.72. The van der Waals surface area contributed by atoms with E-state index in [4.69, 9.17) is 16.0 Å². The van der Waals surface area contributed by atoms with E-state index in [1.54, 1.807) is 18.2 Å². The first kappa shape index (κ1) is 20.9. The highest BCUT2D eigenvalue weighted by molar-refractivity contribution is 6.31. The summed E-state index contributed by atoms with van der Waals surface area (Å²) in [7, 11) is 0. The van der Waals surface area contributed by atoms with Crippen LogP contribution in [-0.2, 0) is 10.2 Å². The standard InChI is InChI=1S/C23H21ClF2N4O3/c1-21(25,26)33-15-7-13(8-15)19-29-30-20(32-19)22-9-23(10-22,11-22)28-18(31)17-4-2-12-6-14(24)3-5-16(12)27-17/h2-6,13,15H,7-11H2,1H3,(H,28,31). The Morgan fingerprint density at radius 1 is 1.21 bits per heavy atom. The molecule has 7 rings (SSSR count). The Labute approximate surface area is 192 Å². The van der Waals surface area contributed by atoms with E-state index in [9.17, 15) is 13.6 Å². The zero-order valence-corrected chi connectivity index (χ0v) is 18.5. The van der Waals surface area contributed by atoms with Crippen molar-refractivity contribution in [2.24, 2.45) is 0 Å². The van der Waals surface area contributed by atoms with Gasteiger partial charge >= 0.3 is 6.11 Å². The van der Waals surface area contributed by atoms with E-state index in [0.29, 0.717) is 40.9 Å². The van der Waals surface area contributed by atoms with Gasteiger partial charge in [-0.25, -0.2) is 4.98 Å². The number of nitrogens with one attached hydrogen (secondary N) is 1. The van der Waals surface area contributed by atoms with Gasteiger partial charge in [-0.15, -0.1) is 10.2 Å². The monoisotopic (exact) mass is 474 g/mol. The molecular weight excluding hydrogens is 454 g/mol. The molecule has 2 heterocycles. The molecule has 4 saturated carbocycles. The molecule has 172 valence electrons. The van der Waals surface area contributed by atoms with Gasteiger partial charge in [0.1, 0.15) is 5.69 Å². The van der Waals surface area contributed by atoms with Gasteiger partial charge in [-0.2, -0.15) is 8.78 Å². The van der Waals surface area contributed by atoms with Crippen molar-refractivity contribution in [3.63, 3.8) is 0 Å². The number of nitrogens with zero attached hydrogens (tertiary/aromatic N) is 3. The molecule has 0 aliphatic heterocycles. The van der Waals surface area contributed by atoms with Crippen molar-refractivity contribution in [3.8, 4) is 0 Å². The van der Waals surface area contributed by atoms with Crippen molar-refractivity contribution in [1.82, 2.24) is 20.5 Å². The first-order chi connectivity index (χ1) is 15.6. The van der Waals surface area contributed by atoms with E-state index in [-0.39, 0.29) is 22.8 Å². The second-order valence-corrected chi connectivity index (χ2v) is 10.2. The number of carbonyl (C=O) groups excluding carboxylic acids is 1. The third kappa shape index (κ3) is 3.58. The minimum Gasteiger partial charge on any atom is -0.424 e. The molecule has 1 amide bonds. The fraction of sp³-hybridized carbons (Fsp3) is 0.478. The van der Waals surface area contributed by atoms with Crippen LogP contribution in [-0.4, -0.2) is 38.8 Å². The van der Waals surface area contributed by atoms with E-state index >= 15 is 0 Å². The van der Waals surface area contributed by atoms with Crippen molar-refractivity contribution in [1.29, 1.82) is 0 Å². The average Bonchev–Trinajstić information content (AvgIpc) is 3.13. The number of carbonyl (C=O) groups is 1. The van der Waals surface area contributed by atoms with Crippen molar-refractivity contribution >= 4 is 28.4 Å². The third-order valence-corrected chi connectivity index (χ3v) is 7.24. The zero-order valence-electron chi connectivity index (χ0n) is 17.8. The number of benzene rings is 1. The van der Waals surface area contributed by atoms with Crippen LogP contribution in [0.1, 0.15) is 67.2 Å². The molecule has 0 spiro atoms. The molecule has 4 fully saturated rings. The normalized spacial score (nSPS) is 30.3. The number of halogens is 3. The van der Waals surface area contributed by atoms with Gasteiger partial charge in [0, 0.05) is 28.8 Å². The molecule has 4 aliphatic rings. The minimum atomic E-state index is -3.13. The quantitative estimate of drug-likeness (QED) is 0.554. The Hall–Kier alpha value is -2.65. The number of rotatable bonds is 6. The van der Waals surface area contributed by atoms with Crippen LogP contribution in [0.4, 0.5) is 8.78 Å². The molecule has 2 aromatic heterocycles. The number of aromatic nitrogens is 3. The summed E-state index contributed by atoms with van der Waals surface area (Å²) in [5.74, 6) is 0.792. The van der Waals surface area contributed by atoms with Crippen LogP contribution >= 0.6 is 11.6 Å². The SMILES string of the molecule is CC(F)(F)OC1CC(c2nnc(C34CC(NC(=O)c5ccc6cc(Cl)ccc6n5)(C3)C4)o2)C1. The summed E-state index contributed by atoms with van der Waals surface area (Å²) in [6.07, 6.45) is -0.527. The molecule has 2 bridgehead atoms. The van der Waals surface area contributed by atoms with Gasteiger partial charge < -0.3 is 14.5 Å². The molecule has 1 N–H and O–H groups in total. The molecule has 0 saturated heterocycles. The van der Waals surface area contributed by atoms with Gasteiger partial charge in [-0.05, 0) is 56.4 Å². The van der Waals surface area contributed by atoms with Crippen LogP contribution in [0.3, 0.4) is 0 Å². The van der Waals surface area contributed by atoms with Gasteiger partial charge in [-0.1, -0.05) is 17.7 Å². The van der Waals surface area contributed by atoms with Gasteiger partial charge in [-0.3, -0.25) is 4.79 Å². The minimum absolute atomic E-state index is 0.0477. The largest absolute Gasteiger partial charge is 0.424 e. The maximum Gasteiger partial charge on any atom is 0.353 e. The van der Waals surface area contributed by atoms with Crippen LogP contribution in [0.15, 0.2) is 34.7 Å². The number of amides is 1. The summed E-state index contributed by atoms with van der Waals surface area (Å²) in [5.41, 5.74) is 0.598. The molecule has 0 unspecified atom stereocenters. The lowest BCUT2D eigenvalue weighted by Gasteiger charge is -2.68. The summed E-state index contributed by atoms with van der Waals surface area (Å²) < 4.78 is 36.5. The Morgan fingerprint density at radius 3 is 2.70 bits per heavy atom. The number of pyridine rings is 1. The zero-order chi connectivity index (χ0) is 23.0. The Bertz CT molecular complexity index is 1250. The number of ether oxygens (including phenoxy) is 1. The maximum atomic E-state index is 12.9. The van der Waals surface area contributed by atoms with Crippen molar-refractivity contribution in [3.05, 3.63) is 52.8 Å². The number of alkyl halides is 2. The summed E-state index contributed by atoms with van der Waals surface area (Å²) >= 11 is 6.01. The average molecular weight is 475 g/mol. The molecule has 4 aliphatic carbocycles. The lowest BCUT2D eigenvalue weighted by Crippen LogP contribution is -2.76. The summed E-state index contributed by atoms with van der Waals surface area (Å²) in [6.45, 7) is 0.745. The fourth-order valence-corrected chi connectivity index (χ4v) is 5.63. The fourth-order valence-electron chi connectivity index (χ4n) is 5.45. The maximum absolute atomic E-state index is 12.9. The predicted molar refractivity (Wildman–Crippen MR) is 114 cm³/mol. The van der Waals surface area contributed by atoms with E-state index in [2.05, 4.69) is 25.2 Å². The van der Waals surface area contributed by atoms with Crippen molar-refractivity contribution < 1.29 is 22.7 Å². The first-order valence-corrected chi connectivity index (χ1v) is 11.3. The third-order valence-electron chi connectivity index (χ3n) is 7.00. The van der Waals surface area contributed by atoms with Crippen LogP contribution in [0, 0.1) is 0 Å². The van der Waals surface area contributed by atoms with Crippen LogP contribution < -0.4 is 5.32 Å². The number of fused-ring (bicyclic) bond motifs is 1. The Morgan fingerprint density at radius 2 is 1.97 bits per heavy atom. The molecular formula is C23H21ClF2N4O3. The predicted octanol–water partition coefficient (Wildman–Crippen LogP) is 4.75. The Balaban J connectivity index is 1.06. The van der Waals surface area contributed by atoms with Crippen molar-refractivity contribution in [2.75, 3.05) is 0 Å². The molecule has 0 radical (unpaired) electrons. The van der Waals surface area contributed by atoms with E-state index < -0.39 is 12.2 Å². The highest BCUT2D eigenvalue weighted by atomic mass is 35.5. The summed E-state index contributed by atoms with van der Waals surface area (Å²) in [4.78, 5) is 17.2. The number of hydrogen-bond donors (Lipinski definition) is 1. The van der Waals surface area contributed by atoms with Crippen LogP contribution in [0.5, 0.6) is 0 Å². The van der Waals surface area contributed by atoms with Gasteiger partial charge in [0.2, 0.25) is 11.8 Å². The lowest BCUT2D eigenvalue weighted by molar-refractivity contribution is -0.265. The smallest absolute Gasteiger partial charge is 0.353 e. The van der Waals surface area contributed by atoms with Crippen LogP contribution in [0.25, 0.3) is 10.9 Å². The molecule has 10 heteroatoms. The van der Waals surface area contributed by atoms with Gasteiger partial charge in [0.05, 0.1) is 17.0 Å². The molecule has 0 atom stereocenters. The van der Waals surface area contributed by atoms with Crippen molar-refractivity contribution in [2.45, 2.75) is 68.1 Å². The Kier molecular flexibility index (Phi) is 4.39. The lowest BCUT2D eigenvalue weighted by atomic mass is 9.39. The van der Waals surface area contributed by atoms with Crippen LogP contribution in [0.2, 0.25) is 5.02 Å². The number of hydrogen-bond acceptors (Lipinski definition) is 6. The second kappa shape index (κ2) is 6.93. The first-order valence-electron chi connectivity index (χ1n) is 10.9. The molecule has 33 heavy (non-hydrogen) atoms. The summed E-state index contributed by atoms with van der Waals surface area (Å²) in [5, 5.41) is 13.0. The van der Waals surface area contributed by atoms with E-state index in [0.717, 1.165) is 31.6 Å². The molecule has 7 nitrogen and oxygen atoms in total. The van der Waals surface area contributed by atoms with Gasteiger partial charge in [0.25, 0.3) is 5.91 Å². The topological polar surface area (TPSA) is 90.1 Å².